The molecular weight excluding hydrogens is 188 g/mol. The molecule has 0 aromatic heterocycles. The van der Waals surface area contributed by atoms with Gasteiger partial charge in [0.25, 0.3) is 0 Å². The first-order chi connectivity index (χ1) is 7.36. The normalized spacial score (nSPS) is 10.8. The molecule has 0 aliphatic heterocycles. The van der Waals surface area contributed by atoms with Crippen LogP contribution in [0.3, 0.4) is 0 Å². The molecule has 0 saturated carbocycles. The summed E-state index contributed by atoms with van der Waals surface area (Å²) in [6.07, 6.45) is 4.13. The molecule has 3 heteroatoms. The zero-order valence-corrected chi connectivity index (χ0v) is 9.07. The molecule has 0 aliphatic carbocycles. The maximum absolute atomic E-state index is 5.43. The summed E-state index contributed by atoms with van der Waals surface area (Å²) >= 11 is 0. The molecule has 0 heterocycles. The molecule has 0 unspecified atom stereocenters. The van der Waals surface area contributed by atoms with E-state index in [9.17, 15) is 0 Å². The van der Waals surface area contributed by atoms with Crippen LogP contribution >= 0.6 is 0 Å². The Labute approximate surface area is 90.9 Å². The molecule has 15 heavy (non-hydrogen) atoms. The summed E-state index contributed by atoms with van der Waals surface area (Å²) < 4.78 is 5.43. The zero-order valence-electron chi connectivity index (χ0n) is 9.07. The van der Waals surface area contributed by atoms with Gasteiger partial charge in [0.2, 0.25) is 0 Å². The summed E-state index contributed by atoms with van der Waals surface area (Å²) in [6, 6.07) is 7.96. The van der Waals surface area contributed by atoms with Gasteiger partial charge < -0.3 is 15.8 Å². The third-order valence-corrected chi connectivity index (χ3v) is 1.88. The average Bonchev–Trinajstić information content (AvgIpc) is 2.27. The second kappa shape index (κ2) is 7.04. The van der Waals surface area contributed by atoms with E-state index in [1.54, 1.807) is 0 Å². The van der Waals surface area contributed by atoms with Crippen LogP contribution < -0.4 is 15.8 Å². The van der Waals surface area contributed by atoms with Crippen molar-refractivity contribution in [2.75, 3.05) is 26.7 Å². The fourth-order valence-corrected chi connectivity index (χ4v) is 1.20. The summed E-state index contributed by atoms with van der Waals surface area (Å²) in [4.78, 5) is 0. The van der Waals surface area contributed by atoms with Crippen molar-refractivity contribution in [3.05, 3.63) is 35.9 Å². The number of hydrogen-bond donors (Lipinski definition) is 2. The number of nitrogens with one attached hydrogen (secondary N) is 1. The largest absolute Gasteiger partial charge is 0.492 e. The Balaban J connectivity index is 2.57. The third-order valence-electron chi connectivity index (χ3n) is 1.88. The van der Waals surface area contributed by atoms with E-state index in [1.165, 1.54) is 0 Å². The number of rotatable bonds is 6. The van der Waals surface area contributed by atoms with Gasteiger partial charge in [0.05, 0.1) is 0 Å². The van der Waals surface area contributed by atoms with Gasteiger partial charge in [0.1, 0.15) is 12.4 Å². The minimum atomic E-state index is 0.541. The fraction of sp³-hybridized carbons (Fsp3) is 0.333. The summed E-state index contributed by atoms with van der Waals surface area (Å²) in [5, 5.41) is 3.05. The van der Waals surface area contributed by atoms with Crippen molar-refractivity contribution in [1.82, 2.24) is 5.32 Å². The van der Waals surface area contributed by atoms with Crippen LogP contribution in [0.4, 0.5) is 0 Å². The highest BCUT2D eigenvalue weighted by Crippen LogP contribution is 2.13. The van der Waals surface area contributed by atoms with Crippen LogP contribution in [0, 0.1) is 0 Å². The number of benzene rings is 1. The van der Waals surface area contributed by atoms with Gasteiger partial charge in [-0.25, -0.2) is 0 Å². The van der Waals surface area contributed by atoms with Crippen LogP contribution in [0.25, 0.3) is 6.08 Å². The number of likely N-dealkylation sites (N-methyl/N-ethyl adjacent to an activating group) is 1. The highest BCUT2D eigenvalue weighted by Gasteiger charge is 1.93. The van der Waals surface area contributed by atoms with Crippen LogP contribution in [0.2, 0.25) is 0 Å². The fourth-order valence-electron chi connectivity index (χ4n) is 1.20. The molecule has 0 atom stereocenters. The second-order valence-corrected chi connectivity index (χ2v) is 3.17. The summed E-state index contributed by atoms with van der Waals surface area (Å²) in [7, 11) is 1.92. The molecule has 0 fully saturated rings. The molecule has 0 bridgehead atoms. The van der Waals surface area contributed by atoms with E-state index < -0.39 is 0 Å². The van der Waals surface area contributed by atoms with E-state index >= 15 is 0 Å². The Morgan fingerprint density at radius 3 is 3.07 bits per heavy atom. The predicted octanol–water partition coefficient (Wildman–Crippen LogP) is 1.26. The number of ether oxygens (including phenoxy) is 1. The zero-order chi connectivity index (χ0) is 10.9. The van der Waals surface area contributed by atoms with Crippen molar-refractivity contribution in [3.8, 4) is 5.75 Å². The SMILES string of the molecule is CNCC=Cc1cccc(OCCN)c1. The standard InChI is InChI=1S/C12H18N2O/c1-14-8-3-5-11-4-2-6-12(10-11)15-9-7-13/h2-6,10,14H,7-9,13H2,1H3. The van der Waals surface area contributed by atoms with Gasteiger partial charge in [-0.05, 0) is 24.7 Å². The van der Waals surface area contributed by atoms with Crippen LogP contribution in [-0.4, -0.2) is 26.7 Å². The van der Waals surface area contributed by atoms with Crippen LogP contribution in [0.5, 0.6) is 5.75 Å². The smallest absolute Gasteiger partial charge is 0.119 e. The van der Waals surface area contributed by atoms with Gasteiger partial charge in [-0.3, -0.25) is 0 Å². The quantitative estimate of drug-likeness (QED) is 0.736. The molecule has 0 saturated heterocycles. The maximum atomic E-state index is 5.43. The summed E-state index contributed by atoms with van der Waals surface area (Å²) in [5.41, 5.74) is 6.50. The maximum Gasteiger partial charge on any atom is 0.119 e. The average molecular weight is 206 g/mol. The van der Waals surface area contributed by atoms with E-state index in [-0.39, 0.29) is 0 Å². The van der Waals surface area contributed by atoms with Gasteiger partial charge in [-0.15, -0.1) is 0 Å². The monoisotopic (exact) mass is 206 g/mol. The highest BCUT2D eigenvalue weighted by molar-refractivity contribution is 5.51. The molecule has 3 N–H and O–H groups in total. The first-order valence-electron chi connectivity index (χ1n) is 5.11. The summed E-state index contributed by atoms with van der Waals surface area (Å²) in [6.45, 7) is 1.97. The van der Waals surface area contributed by atoms with E-state index in [2.05, 4.69) is 17.5 Å². The molecule has 0 radical (unpaired) electrons. The lowest BCUT2D eigenvalue weighted by atomic mass is 10.2. The molecular formula is C12H18N2O. The van der Waals surface area contributed by atoms with Gasteiger partial charge in [-0.2, -0.15) is 0 Å². The minimum absolute atomic E-state index is 0.541. The molecule has 0 amide bonds. The van der Waals surface area contributed by atoms with Crippen molar-refractivity contribution in [1.29, 1.82) is 0 Å². The van der Waals surface area contributed by atoms with Crippen molar-refractivity contribution in [2.24, 2.45) is 5.73 Å². The topological polar surface area (TPSA) is 47.3 Å². The molecule has 1 aromatic carbocycles. The van der Waals surface area contributed by atoms with Crippen LogP contribution in [0.1, 0.15) is 5.56 Å². The predicted molar refractivity (Wildman–Crippen MR) is 64.0 cm³/mol. The molecule has 1 aromatic rings. The van der Waals surface area contributed by atoms with Crippen molar-refractivity contribution < 1.29 is 4.74 Å². The van der Waals surface area contributed by atoms with Gasteiger partial charge >= 0.3 is 0 Å². The molecule has 0 aliphatic rings. The van der Waals surface area contributed by atoms with E-state index in [4.69, 9.17) is 10.5 Å². The van der Waals surface area contributed by atoms with Crippen molar-refractivity contribution in [3.63, 3.8) is 0 Å². The number of hydrogen-bond acceptors (Lipinski definition) is 3. The minimum Gasteiger partial charge on any atom is -0.492 e. The third kappa shape index (κ3) is 4.63. The lowest BCUT2D eigenvalue weighted by Gasteiger charge is -2.04. The lowest BCUT2D eigenvalue weighted by molar-refractivity contribution is 0.328. The Morgan fingerprint density at radius 2 is 2.33 bits per heavy atom. The molecule has 3 nitrogen and oxygen atoms in total. The Hall–Kier alpha value is -1.32. The highest BCUT2D eigenvalue weighted by atomic mass is 16.5. The van der Waals surface area contributed by atoms with Crippen LogP contribution in [-0.2, 0) is 0 Å². The Kier molecular flexibility index (Phi) is 5.51. The first kappa shape index (κ1) is 11.8. The van der Waals surface area contributed by atoms with Crippen molar-refractivity contribution >= 4 is 6.08 Å². The lowest BCUT2D eigenvalue weighted by Crippen LogP contribution is -2.10. The van der Waals surface area contributed by atoms with Gasteiger partial charge in [-0.1, -0.05) is 24.3 Å². The second-order valence-electron chi connectivity index (χ2n) is 3.17. The van der Waals surface area contributed by atoms with E-state index in [0.29, 0.717) is 13.2 Å². The molecule has 0 spiro atoms. The molecule has 82 valence electrons. The number of nitrogens with two attached hydrogens (primary N) is 1. The van der Waals surface area contributed by atoms with E-state index in [1.807, 2.05) is 31.3 Å². The van der Waals surface area contributed by atoms with Gasteiger partial charge in [0.15, 0.2) is 0 Å². The Morgan fingerprint density at radius 1 is 1.47 bits per heavy atom. The van der Waals surface area contributed by atoms with Gasteiger partial charge in [0, 0.05) is 13.1 Å². The first-order valence-corrected chi connectivity index (χ1v) is 5.11. The van der Waals surface area contributed by atoms with Crippen LogP contribution in [0.15, 0.2) is 30.3 Å². The molecule has 1 rings (SSSR count). The Bertz CT molecular complexity index is 310. The van der Waals surface area contributed by atoms with E-state index in [0.717, 1.165) is 17.9 Å². The van der Waals surface area contributed by atoms with Crippen molar-refractivity contribution in [2.45, 2.75) is 0 Å². The summed E-state index contributed by atoms with van der Waals surface area (Å²) in [5.74, 6) is 0.868.